The first-order chi connectivity index (χ1) is 8.01. The largest absolute Gasteiger partial charge is 0.377 e. The monoisotopic (exact) mass is 238 g/mol. The molecule has 1 aromatic heterocycles. The fourth-order valence-electron chi connectivity index (χ4n) is 2.24. The first-order valence-electron chi connectivity index (χ1n) is 6.28. The molecule has 2 N–H and O–H groups in total. The van der Waals surface area contributed by atoms with Gasteiger partial charge >= 0.3 is 0 Å². The molecular weight excluding hydrogens is 216 g/mol. The summed E-state index contributed by atoms with van der Waals surface area (Å²) in [6.45, 7) is 8.02. The summed E-state index contributed by atoms with van der Waals surface area (Å²) in [7, 11) is 0. The standard InChI is InChI=1S/C12H22N4O/c1-9(2)7-16-11(14-8-15-16)6-12(13)4-5-17-10(12)3/h8-10H,4-7,13H2,1-3H3. The van der Waals surface area contributed by atoms with Crippen molar-refractivity contribution in [2.24, 2.45) is 11.7 Å². The summed E-state index contributed by atoms with van der Waals surface area (Å²) in [6, 6.07) is 0. The highest BCUT2D eigenvalue weighted by Gasteiger charge is 2.39. The van der Waals surface area contributed by atoms with Crippen LogP contribution in [0.5, 0.6) is 0 Å². The second-order valence-corrected chi connectivity index (χ2v) is 5.43. The van der Waals surface area contributed by atoms with Gasteiger partial charge in [-0.1, -0.05) is 13.8 Å². The Labute approximate surface area is 102 Å². The van der Waals surface area contributed by atoms with Gasteiger partial charge in [-0.05, 0) is 19.3 Å². The second-order valence-electron chi connectivity index (χ2n) is 5.43. The van der Waals surface area contributed by atoms with E-state index < -0.39 is 0 Å². The molecule has 96 valence electrons. The van der Waals surface area contributed by atoms with Crippen molar-refractivity contribution in [2.75, 3.05) is 6.61 Å². The number of ether oxygens (including phenoxy) is 1. The van der Waals surface area contributed by atoms with E-state index in [1.807, 2.05) is 11.6 Å². The molecule has 17 heavy (non-hydrogen) atoms. The van der Waals surface area contributed by atoms with E-state index in [9.17, 15) is 0 Å². The zero-order valence-electron chi connectivity index (χ0n) is 10.9. The molecule has 1 fully saturated rings. The van der Waals surface area contributed by atoms with Crippen molar-refractivity contribution in [3.8, 4) is 0 Å². The molecule has 2 rings (SSSR count). The zero-order chi connectivity index (χ0) is 12.5. The Morgan fingerprint density at radius 2 is 2.41 bits per heavy atom. The van der Waals surface area contributed by atoms with Crippen molar-refractivity contribution >= 4 is 0 Å². The van der Waals surface area contributed by atoms with Crippen LogP contribution < -0.4 is 5.73 Å². The zero-order valence-corrected chi connectivity index (χ0v) is 10.9. The first-order valence-corrected chi connectivity index (χ1v) is 6.28. The van der Waals surface area contributed by atoms with Crippen LogP contribution in [-0.4, -0.2) is 33.0 Å². The lowest BCUT2D eigenvalue weighted by Gasteiger charge is -2.27. The number of aromatic nitrogens is 3. The molecule has 1 aliphatic heterocycles. The SMILES string of the molecule is CC(C)Cn1ncnc1CC1(N)CCOC1C. The number of hydrogen-bond donors (Lipinski definition) is 1. The molecule has 2 unspecified atom stereocenters. The maximum atomic E-state index is 6.39. The molecule has 5 heteroatoms. The lowest BCUT2D eigenvalue weighted by Crippen LogP contribution is -2.48. The highest BCUT2D eigenvalue weighted by Crippen LogP contribution is 2.26. The fraction of sp³-hybridized carbons (Fsp3) is 0.833. The van der Waals surface area contributed by atoms with Crippen LogP contribution in [0.15, 0.2) is 6.33 Å². The molecule has 0 saturated carbocycles. The third kappa shape index (κ3) is 2.66. The van der Waals surface area contributed by atoms with Gasteiger partial charge in [-0.3, -0.25) is 0 Å². The third-order valence-corrected chi connectivity index (χ3v) is 3.47. The van der Waals surface area contributed by atoms with Crippen molar-refractivity contribution < 1.29 is 4.74 Å². The highest BCUT2D eigenvalue weighted by molar-refractivity contribution is 5.03. The van der Waals surface area contributed by atoms with Crippen LogP contribution in [0, 0.1) is 5.92 Å². The Hall–Kier alpha value is -0.940. The van der Waals surface area contributed by atoms with Crippen molar-refractivity contribution in [3.05, 3.63) is 12.2 Å². The normalized spacial score (nSPS) is 29.1. The third-order valence-electron chi connectivity index (χ3n) is 3.47. The Kier molecular flexibility index (Phi) is 3.49. The maximum Gasteiger partial charge on any atom is 0.138 e. The summed E-state index contributed by atoms with van der Waals surface area (Å²) in [5.74, 6) is 1.53. The van der Waals surface area contributed by atoms with Gasteiger partial charge in [0.25, 0.3) is 0 Å². The van der Waals surface area contributed by atoms with Crippen LogP contribution in [0.25, 0.3) is 0 Å². The van der Waals surface area contributed by atoms with Crippen LogP contribution in [0.4, 0.5) is 0 Å². The molecule has 2 heterocycles. The van der Waals surface area contributed by atoms with E-state index in [0.717, 1.165) is 31.8 Å². The van der Waals surface area contributed by atoms with Gasteiger partial charge in [0.2, 0.25) is 0 Å². The Balaban J connectivity index is 2.10. The minimum Gasteiger partial charge on any atom is -0.377 e. The average molecular weight is 238 g/mol. The predicted octanol–water partition coefficient (Wildman–Crippen LogP) is 0.983. The van der Waals surface area contributed by atoms with E-state index in [2.05, 4.69) is 23.9 Å². The number of nitrogens with zero attached hydrogens (tertiary/aromatic N) is 3. The Morgan fingerprint density at radius 3 is 3.00 bits per heavy atom. The van der Waals surface area contributed by atoms with E-state index in [1.165, 1.54) is 0 Å². The number of hydrogen-bond acceptors (Lipinski definition) is 4. The molecule has 0 spiro atoms. The lowest BCUT2D eigenvalue weighted by molar-refractivity contribution is 0.0945. The van der Waals surface area contributed by atoms with E-state index >= 15 is 0 Å². The summed E-state index contributed by atoms with van der Waals surface area (Å²) < 4.78 is 7.52. The van der Waals surface area contributed by atoms with Gasteiger partial charge in [0, 0.05) is 19.6 Å². The van der Waals surface area contributed by atoms with Crippen molar-refractivity contribution in [1.82, 2.24) is 14.8 Å². The quantitative estimate of drug-likeness (QED) is 0.849. The molecule has 0 aromatic carbocycles. The molecule has 0 bridgehead atoms. The second kappa shape index (κ2) is 4.74. The average Bonchev–Trinajstić information content (AvgIpc) is 2.76. The Morgan fingerprint density at radius 1 is 1.65 bits per heavy atom. The van der Waals surface area contributed by atoms with E-state index in [0.29, 0.717) is 5.92 Å². The van der Waals surface area contributed by atoms with Crippen molar-refractivity contribution in [2.45, 2.75) is 51.8 Å². The fourth-order valence-corrected chi connectivity index (χ4v) is 2.24. The molecule has 1 aromatic rings. The van der Waals surface area contributed by atoms with Gasteiger partial charge in [0.05, 0.1) is 11.6 Å². The van der Waals surface area contributed by atoms with Gasteiger partial charge in [-0.15, -0.1) is 0 Å². The minimum absolute atomic E-state index is 0.0895. The summed E-state index contributed by atoms with van der Waals surface area (Å²) in [5.41, 5.74) is 6.10. The molecule has 0 radical (unpaired) electrons. The van der Waals surface area contributed by atoms with Gasteiger partial charge < -0.3 is 10.5 Å². The van der Waals surface area contributed by atoms with E-state index in [-0.39, 0.29) is 11.6 Å². The molecule has 1 aliphatic rings. The Bertz CT molecular complexity index is 376. The first kappa shape index (κ1) is 12.5. The van der Waals surface area contributed by atoms with Gasteiger partial charge in [-0.2, -0.15) is 5.10 Å². The maximum absolute atomic E-state index is 6.39. The van der Waals surface area contributed by atoms with E-state index in [4.69, 9.17) is 10.5 Å². The number of nitrogens with two attached hydrogens (primary N) is 1. The van der Waals surface area contributed by atoms with Crippen molar-refractivity contribution in [1.29, 1.82) is 0 Å². The van der Waals surface area contributed by atoms with Crippen LogP contribution in [0.2, 0.25) is 0 Å². The van der Waals surface area contributed by atoms with Crippen LogP contribution in [0.1, 0.15) is 33.0 Å². The molecule has 5 nitrogen and oxygen atoms in total. The minimum atomic E-state index is -0.290. The van der Waals surface area contributed by atoms with E-state index in [1.54, 1.807) is 6.33 Å². The predicted molar refractivity (Wildman–Crippen MR) is 65.5 cm³/mol. The van der Waals surface area contributed by atoms with Gasteiger partial charge in [0.1, 0.15) is 12.2 Å². The summed E-state index contributed by atoms with van der Waals surface area (Å²) in [6.07, 6.45) is 3.33. The van der Waals surface area contributed by atoms with Gasteiger partial charge in [-0.25, -0.2) is 9.67 Å². The smallest absolute Gasteiger partial charge is 0.138 e. The summed E-state index contributed by atoms with van der Waals surface area (Å²) in [4.78, 5) is 4.33. The molecular formula is C12H22N4O. The summed E-state index contributed by atoms with van der Waals surface area (Å²) in [5, 5.41) is 4.26. The molecule has 1 saturated heterocycles. The van der Waals surface area contributed by atoms with Crippen LogP contribution in [0.3, 0.4) is 0 Å². The van der Waals surface area contributed by atoms with Gasteiger partial charge in [0.15, 0.2) is 0 Å². The lowest BCUT2D eigenvalue weighted by atomic mass is 9.89. The molecule has 2 atom stereocenters. The highest BCUT2D eigenvalue weighted by atomic mass is 16.5. The van der Waals surface area contributed by atoms with Crippen LogP contribution >= 0.6 is 0 Å². The topological polar surface area (TPSA) is 66.0 Å². The summed E-state index contributed by atoms with van der Waals surface area (Å²) >= 11 is 0. The van der Waals surface area contributed by atoms with Crippen LogP contribution in [-0.2, 0) is 17.7 Å². The van der Waals surface area contributed by atoms with Crippen molar-refractivity contribution in [3.63, 3.8) is 0 Å². The molecule has 0 aliphatic carbocycles. The molecule has 0 amide bonds. The number of rotatable bonds is 4.